The molecular formula is C19H41IN4O. The van der Waals surface area contributed by atoms with E-state index in [2.05, 4.69) is 34.4 Å². The molecule has 2 N–H and O–H groups in total. The second-order valence-electron chi connectivity index (χ2n) is 7.05. The molecule has 1 unspecified atom stereocenters. The van der Waals surface area contributed by atoms with Gasteiger partial charge in [0.2, 0.25) is 0 Å². The lowest BCUT2D eigenvalue weighted by Gasteiger charge is -2.34. The molecule has 0 saturated carbocycles. The van der Waals surface area contributed by atoms with Gasteiger partial charge in [-0.3, -0.25) is 9.89 Å². The van der Waals surface area contributed by atoms with E-state index in [1.807, 2.05) is 14.0 Å². The normalized spacial score (nSPS) is 17.7. The summed E-state index contributed by atoms with van der Waals surface area (Å²) in [7, 11) is 1.85. The highest BCUT2D eigenvalue weighted by molar-refractivity contribution is 14.0. The maximum atomic E-state index is 5.37. The zero-order chi connectivity index (χ0) is 17.6. The Morgan fingerprint density at radius 1 is 1.08 bits per heavy atom. The highest BCUT2D eigenvalue weighted by Crippen LogP contribution is 2.17. The van der Waals surface area contributed by atoms with Crippen molar-refractivity contribution < 1.29 is 4.74 Å². The van der Waals surface area contributed by atoms with Gasteiger partial charge in [-0.25, -0.2) is 0 Å². The fourth-order valence-corrected chi connectivity index (χ4v) is 3.32. The van der Waals surface area contributed by atoms with E-state index in [9.17, 15) is 0 Å². The highest BCUT2D eigenvalue weighted by Gasteiger charge is 2.22. The van der Waals surface area contributed by atoms with Crippen molar-refractivity contribution in [3.63, 3.8) is 0 Å². The zero-order valence-electron chi connectivity index (χ0n) is 16.9. The topological polar surface area (TPSA) is 48.9 Å². The molecule has 0 radical (unpaired) electrons. The van der Waals surface area contributed by atoms with Gasteiger partial charge >= 0.3 is 0 Å². The summed E-state index contributed by atoms with van der Waals surface area (Å²) < 4.78 is 5.37. The summed E-state index contributed by atoms with van der Waals surface area (Å²) in [5.41, 5.74) is 0. The van der Waals surface area contributed by atoms with Crippen LogP contribution in [0.4, 0.5) is 0 Å². The number of guanidine groups is 1. The number of aliphatic imine (C=N–C) groups is 1. The standard InChI is InChI=1S/C19H40N4O.HI/c1-5-24-15-11-8-12-21-19(20-4)22-16-18(17(2)3)23-13-9-6-7-10-14-23;/h17-18H,5-16H2,1-4H3,(H2,20,21,22);1H. The number of hydrogen-bond acceptors (Lipinski definition) is 3. The molecule has 1 aliphatic heterocycles. The summed E-state index contributed by atoms with van der Waals surface area (Å²) in [5, 5.41) is 6.96. The average Bonchev–Trinajstić information content (AvgIpc) is 2.85. The Labute approximate surface area is 172 Å². The van der Waals surface area contributed by atoms with Gasteiger partial charge in [-0.05, 0) is 51.6 Å². The van der Waals surface area contributed by atoms with E-state index >= 15 is 0 Å². The minimum absolute atomic E-state index is 0. The summed E-state index contributed by atoms with van der Waals surface area (Å²) in [6.07, 6.45) is 7.67. The van der Waals surface area contributed by atoms with E-state index in [1.165, 1.54) is 38.8 Å². The summed E-state index contributed by atoms with van der Waals surface area (Å²) in [6.45, 7) is 12.8. The van der Waals surface area contributed by atoms with Crippen molar-refractivity contribution in [3.8, 4) is 0 Å². The molecule has 6 heteroatoms. The fourth-order valence-electron chi connectivity index (χ4n) is 3.32. The van der Waals surface area contributed by atoms with Gasteiger partial charge in [0.15, 0.2) is 5.96 Å². The molecule has 1 saturated heterocycles. The minimum atomic E-state index is 0. The van der Waals surface area contributed by atoms with Gasteiger partial charge in [-0.1, -0.05) is 26.7 Å². The maximum absolute atomic E-state index is 5.37. The maximum Gasteiger partial charge on any atom is 0.191 e. The third kappa shape index (κ3) is 11.3. The lowest BCUT2D eigenvalue weighted by atomic mass is 10.0. The Hall–Kier alpha value is -0.0800. The van der Waals surface area contributed by atoms with Gasteiger partial charge in [0.25, 0.3) is 0 Å². The van der Waals surface area contributed by atoms with Crippen LogP contribution >= 0.6 is 24.0 Å². The molecule has 0 spiro atoms. The fraction of sp³-hybridized carbons (Fsp3) is 0.947. The molecule has 1 rings (SSSR count). The largest absolute Gasteiger partial charge is 0.382 e. The first-order valence-electron chi connectivity index (χ1n) is 9.95. The number of hydrogen-bond donors (Lipinski definition) is 2. The smallest absolute Gasteiger partial charge is 0.191 e. The zero-order valence-corrected chi connectivity index (χ0v) is 19.2. The summed E-state index contributed by atoms with van der Waals surface area (Å²) in [4.78, 5) is 7.04. The highest BCUT2D eigenvalue weighted by atomic mass is 127. The van der Waals surface area contributed by atoms with Gasteiger partial charge in [-0.2, -0.15) is 0 Å². The van der Waals surface area contributed by atoms with Crippen LogP contribution < -0.4 is 10.6 Å². The number of nitrogens with zero attached hydrogens (tertiary/aromatic N) is 2. The Kier molecular flexibility index (Phi) is 16.1. The predicted octanol–water partition coefficient (Wildman–Crippen LogP) is 3.49. The molecule has 0 aromatic carbocycles. The molecule has 0 amide bonds. The molecule has 1 fully saturated rings. The monoisotopic (exact) mass is 468 g/mol. The number of unbranched alkanes of at least 4 members (excludes halogenated alkanes) is 1. The molecule has 150 valence electrons. The van der Waals surface area contributed by atoms with E-state index in [1.54, 1.807) is 0 Å². The van der Waals surface area contributed by atoms with Gasteiger partial charge in [-0.15, -0.1) is 24.0 Å². The van der Waals surface area contributed by atoms with E-state index in [0.29, 0.717) is 12.0 Å². The lowest BCUT2D eigenvalue weighted by Crippen LogP contribution is -2.49. The molecule has 1 aliphatic rings. The van der Waals surface area contributed by atoms with Crippen LogP contribution in [0.5, 0.6) is 0 Å². The van der Waals surface area contributed by atoms with Gasteiger partial charge in [0.05, 0.1) is 0 Å². The van der Waals surface area contributed by atoms with E-state index < -0.39 is 0 Å². The van der Waals surface area contributed by atoms with Crippen molar-refractivity contribution in [3.05, 3.63) is 0 Å². The lowest BCUT2D eigenvalue weighted by molar-refractivity contribution is 0.143. The Morgan fingerprint density at radius 3 is 2.32 bits per heavy atom. The quantitative estimate of drug-likeness (QED) is 0.223. The average molecular weight is 468 g/mol. The summed E-state index contributed by atoms with van der Waals surface area (Å²) in [6, 6.07) is 0.583. The molecule has 1 atom stereocenters. The van der Waals surface area contributed by atoms with Crippen molar-refractivity contribution >= 4 is 29.9 Å². The van der Waals surface area contributed by atoms with Crippen LogP contribution in [0.1, 0.15) is 59.3 Å². The van der Waals surface area contributed by atoms with Crippen LogP contribution in [0.15, 0.2) is 4.99 Å². The number of nitrogens with one attached hydrogen (secondary N) is 2. The molecular weight excluding hydrogens is 427 g/mol. The Bertz CT molecular complexity index is 331. The van der Waals surface area contributed by atoms with Crippen molar-refractivity contribution in [1.29, 1.82) is 0 Å². The van der Waals surface area contributed by atoms with Crippen molar-refractivity contribution in [2.24, 2.45) is 10.9 Å². The Morgan fingerprint density at radius 2 is 1.76 bits per heavy atom. The molecule has 0 aromatic heterocycles. The Balaban J connectivity index is 0.00000576. The van der Waals surface area contributed by atoms with E-state index in [4.69, 9.17) is 4.74 Å². The molecule has 5 nitrogen and oxygen atoms in total. The second-order valence-corrected chi connectivity index (χ2v) is 7.05. The third-order valence-corrected chi connectivity index (χ3v) is 4.79. The van der Waals surface area contributed by atoms with Gasteiger partial charge in [0.1, 0.15) is 0 Å². The van der Waals surface area contributed by atoms with Crippen LogP contribution in [-0.2, 0) is 4.74 Å². The van der Waals surface area contributed by atoms with Crippen LogP contribution in [0.3, 0.4) is 0 Å². The first-order valence-corrected chi connectivity index (χ1v) is 9.95. The van der Waals surface area contributed by atoms with E-state index in [0.717, 1.165) is 45.1 Å². The van der Waals surface area contributed by atoms with Gasteiger partial charge < -0.3 is 15.4 Å². The van der Waals surface area contributed by atoms with Crippen molar-refractivity contribution in [2.45, 2.75) is 65.3 Å². The summed E-state index contributed by atoms with van der Waals surface area (Å²) in [5.74, 6) is 1.58. The molecule has 1 heterocycles. The van der Waals surface area contributed by atoms with E-state index in [-0.39, 0.29) is 24.0 Å². The minimum Gasteiger partial charge on any atom is -0.382 e. The number of ether oxygens (including phenoxy) is 1. The van der Waals surface area contributed by atoms with Crippen LogP contribution in [-0.4, -0.2) is 63.3 Å². The van der Waals surface area contributed by atoms with Crippen molar-refractivity contribution in [1.82, 2.24) is 15.5 Å². The summed E-state index contributed by atoms with van der Waals surface area (Å²) >= 11 is 0. The van der Waals surface area contributed by atoms with Crippen molar-refractivity contribution in [2.75, 3.05) is 46.4 Å². The first kappa shape index (κ1) is 24.9. The number of rotatable bonds is 10. The van der Waals surface area contributed by atoms with Gasteiger partial charge in [0, 0.05) is 39.4 Å². The first-order chi connectivity index (χ1) is 11.7. The number of likely N-dealkylation sites (tertiary alicyclic amines) is 1. The van der Waals surface area contributed by atoms with Crippen LogP contribution in [0.25, 0.3) is 0 Å². The predicted molar refractivity (Wildman–Crippen MR) is 119 cm³/mol. The SMILES string of the molecule is CCOCCCCNC(=NC)NCC(C(C)C)N1CCCCCC1.I. The number of halogens is 1. The third-order valence-electron chi connectivity index (χ3n) is 4.79. The molecule has 25 heavy (non-hydrogen) atoms. The molecule has 0 aliphatic carbocycles. The second kappa shape index (κ2) is 16.1. The van der Waals surface area contributed by atoms with Crippen LogP contribution in [0, 0.1) is 5.92 Å². The molecule has 0 aromatic rings. The molecule has 0 bridgehead atoms. The van der Waals surface area contributed by atoms with Crippen LogP contribution in [0.2, 0.25) is 0 Å².